The number of rotatable bonds is 1. The number of carbonyl (C=O) groups excluding carboxylic acids is 1. The van der Waals surface area contributed by atoms with Crippen molar-refractivity contribution in [3.63, 3.8) is 0 Å². The molecular formula is C12H15N3OS. The molecule has 2 aromatic rings. The molecule has 3 N–H and O–H groups in total. The molecule has 0 bridgehead atoms. The van der Waals surface area contributed by atoms with Crippen LogP contribution in [0.2, 0.25) is 0 Å². The molecule has 0 aliphatic carbocycles. The van der Waals surface area contributed by atoms with Gasteiger partial charge in [-0.15, -0.1) is 0 Å². The van der Waals surface area contributed by atoms with E-state index in [4.69, 9.17) is 5.73 Å². The fourth-order valence-corrected chi connectivity index (χ4v) is 2.27. The van der Waals surface area contributed by atoms with Crippen LogP contribution in [0.5, 0.6) is 0 Å². The van der Waals surface area contributed by atoms with Crippen LogP contribution in [0.3, 0.4) is 0 Å². The molecule has 0 saturated heterocycles. The summed E-state index contributed by atoms with van der Waals surface area (Å²) in [6, 6.07) is 5.41. The lowest BCUT2D eigenvalue weighted by molar-refractivity contribution is 0.0919. The van der Waals surface area contributed by atoms with Crippen LogP contribution >= 0.6 is 11.3 Å². The number of nitrogen functional groups attached to an aromatic ring is 1. The van der Waals surface area contributed by atoms with E-state index in [1.807, 2.05) is 32.9 Å². The first kappa shape index (κ1) is 11.9. The van der Waals surface area contributed by atoms with Gasteiger partial charge in [0.15, 0.2) is 5.13 Å². The second kappa shape index (κ2) is 4.00. The number of hydrogen-bond acceptors (Lipinski definition) is 4. The molecule has 0 unspecified atom stereocenters. The summed E-state index contributed by atoms with van der Waals surface area (Å²) in [5.41, 5.74) is 6.86. The smallest absolute Gasteiger partial charge is 0.251 e. The van der Waals surface area contributed by atoms with Crippen LogP contribution in [-0.2, 0) is 0 Å². The number of carbonyl (C=O) groups is 1. The van der Waals surface area contributed by atoms with Crippen molar-refractivity contribution >= 4 is 32.6 Å². The molecular weight excluding hydrogens is 234 g/mol. The summed E-state index contributed by atoms with van der Waals surface area (Å²) in [5, 5.41) is 3.44. The van der Waals surface area contributed by atoms with E-state index in [1.54, 1.807) is 6.07 Å². The molecule has 0 atom stereocenters. The normalized spacial score (nSPS) is 11.7. The number of nitrogens with zero attached hydrogens (tertiary/aromatic N) is 1. The molecule has 0 spiro atoms. The van der Waals surface area contributed by atoms with Gasteiger partial charge in [-0.05, 0) is 39.0 Å². The van der Waals surface area contributed by atoms with Crippen LogP contribution < -0.4 is 11.1 Å². The summed E-state index contributed by atoms with van der Waals surface area (Å²) in [7, 11) is 0. The Morgan fingerprint density at radius 1 is 1.41 bits per heavy atom. The maximum absolute atomic E-state index is 12.0. The van der Waals surface area contributed by atoms with E-state index in [-0.39, 0.29) is 11.4 Å². The van der Waals surface area contributed by atoms with E-state index in [2.05, 4.69) is 10.3 Å². The van der Waals surface area contributed by atoms with Gasteiger partial charge in [-0.25, -0.2) is 4.98 Å². The van der Waals surface area contributed by atoms with Crippen molar-refractivity contribution in [3.05, 3.63) is 23.8 Å². The molecule has 1 amide bonds. The van der Waals surface area contributed by atoms with E-state index in [0.717, 1.165) is 10.2 Å². The van der Waals surface area contributed by atoms with Crippen LogP contribution in [0, 0.1) is 0 Å². The number of anilines is 1. The maximum Gasteiger partial charge on any atom is 0.251 e. The van der Waals surface area contributed by atoms with Crippen molar-refractivity contribution in [2.24, 2.45) is 0 Å². The van der Waals surface area contributed by atoms with Crippen LogP contribution in [0.25, 0.3) is 10.2 Å². The highest BCUT2D eigenvalue weighted by molar-refractivity contribution is 7.22. The van der Waals surface area contributed by atoms with Gasteiger partial charge in [0.1, 0.15) is 0 Å². The number of nitrogens with one attached hydrogen (secondary N) is 1. The number of fused-ring (bicyclic) bond motifs is 1. The molecule has 90 valence electrons. The standard InChI is InChI=1S/C12H15N3OS/c1-12(2,3)15-10(16)7-4-5-8-9(6-7)17-11(13)14-8/h4-6H,1-3H3,(H2,13,14)(H,15,16). The molecule has 0 radical (unpaired) electrons. The van der Waals surface area contributed by atoms with E-state index in [1.165, 1.54) is 11.3 Å². The number of nitrogens with two attached hydrogens (primary N) is 1. The summed E-state index contributed by atoms with van der Waals surface area (Å²) < 4.78 is 0.934. The van der Waals surface area contributed by atoms with E-state index in [0.29, 0.717) is 10.7 Å². The maximum atomic E-state index is 12.0. The highest BCUT2D eigenvalue weighted by Gasteiger charge is 2.15. The summed E-state index contributed by atoms with van der Waals surface area (Å²) in [4.78, 5) is 16.1. The van der Waals surface area contributed by atoms with Gasteiger partial charge in [0, 0.05) is 11.1 Å². The van der Waals surface area contributed by atoms with Gasteiger partial charge in [0.2, 0.25) is 0 Å². The highest BCUT2D eigenvalue weighted by atomic mass is 32.1. The molecule has 1 aromatic heterocycles. The molecule has 4 nitrogen and oxygen atoms in total. The Balaban J connectivity index is 2.33. The fraction of sp³-hybridized carbons (Fsp3) is 0.333. The predicted molar refractivity (Wildman–Crippen MR) is 71.3 cm³/mol. The van der Waals surface area contributed by atoms with Gasteiger partial charge in [-0.2, -0.15) is 0 Å². The number of aromatic nitrogens is 1. The van der Waals surface area contributed by atoms with Crippen molar-refractivity contribution in [3.8, 4) is 0 Å². The molecule has 5 heteroatoms. The molecule has 2 rings (SSSR count). The topological polar surface area (TPSA) is 68.0 Å². The number of benzene rings is 1. The molecule has 0 saturated carbocycles. The molecule has 17 heavy (non-hydrogen) atoms. The molecule has 1 aromatic carbocycles. The van der Waals surface area contributed by atoms with E-state index in [9.17, 15) is 4.79 Å². The Bertz CT molecular complexity index is 569. The SMILES string of the molecule is CC(C)(C)NC(=O)c1ccc2nc(N)sc2c1. The molecule has 0 aliphatic rings. The van der Waals surface area contributed by atoms with Crippen molar-refractivity contribution in [2.75, 3.05) is 5.73 Å². The predicted octanol–water partition coefficient (Wildman–Crippen LogP) is 2.41. The van der Waals surface area contributed by atoms with Gasteiger partial charge in [0.25, 0.3) is 5.91 Å². The lowest BCUT2D eigenvalue weighted by Gasteiger charge is -2.20. The minimum Gasteiger partial charge on any atom is -0.375 e. The summed E-state index contributed by atoms with van der Waals surface area (Å²) in [5.74, 6) is -0.0774. The first-order valence-electron chi connectivity index (χ1n) is 5.34. The Kier molecular flexibility index (Phi) is 2.79. The third kappa shape index (κ3) is 2.74. The molecule has 0 fully saturated rings. The van der Waals surface area contributed by atoms with Gasteiger partial charge in [0.05, 0.1) is 10.2 Å². The lowest BCUT2D eigenvalue weighted by Crippen LogP contribution is -2.40. The monoisotopic (exact) mass is 249 g/mol. The number of hydrogen-bond donors (Lipinski definition) is 2. The van der Waals surface area contributed by atoms with Gasteiger partial charge in [-0.3, -0.25) is 4.79 Å². The number of thiazole rings is 1. The average Bonchev–Trinajstić information content (AvgIpc) is 2.53. The van der Waals surface area contributed by atoms with Gasteiger partial charge in [-0.1, -0.05) is 11.3 Å². The quantitative estimate of drug-likeness (QED) is 0.815. The Labute approximate surface area is 104 Å². The van der Waals surface area contributed by atoms with Crippen molar-refractivity contribution in [1.82, 2.24) is 10.3 Å². The van der Waals surface area contributed by atoms with Crippen LogP contribution in [0.4, 0.5) is 5.13 Å². The minimum atomic E-state index is -0.237. The average molecular weight is 249 g/mol. The van der Waals surface area contributed by atoms with Crippen LogP contribution in [0.15, 0.2) is 18.2 Å². The zero-order valence-corrected chi connectivity index (χ0v) is 10.9. The van der Waals surface area contributed by atoms with Gasteiger partial charge < -0.3 is 11.1 Å². The second-order valence-electron chi connectivity index (χ2n) is 4.94. The van der Waals surface area contributed by atoms with Crippen molar-refractivity contribution < 1.29 is 4.79 Å². The second-order valence-corrected chi connectivity index (χ2v) is 6.00. The third-order valence-electron chi connectivity index (χ3n) is 2.16. The fourth-order valence-electron chi connectivity index (χ4n) is 1.50. The Hall–Kier alpha value is -1.62. The van der Waals surface area contributed by atoms with Crippen LogP contribution in [-0.4, -0.2) is 16.4 Å². The highest BCUT2D eigenvalue weighted by Crippen LogP contribution is 2.24. The van der Waals surface area contributed by atoms with Crippen LogP contribution in [0.1, 0.15) is 31.1 Å². The minimum absolute atomic E-state index is 0.0774. The zero-order valence-electron chi connectivity index (χ0n) is 10.1. The Morgan fingerprint density at radius 3 is 2.76 bits per heavy atom. The molecule has 1 heterocycles. The number of amides is 1. The van der Waals surface area contributed by atoms with Crippen molar-refractivity contribution in [2.45, 2.75) is 26.3 Å². The first-order chi connectivity index (χ1) is 7.85. The van der Waals surface area contributed by atoms with E-state index < -0.39 is 0 Å². The molecule has 0 aliphatic heterocycles. The summed E-state index contributed by atoms with van der Waals surface area (Å²) >= 11 is 1.39. The largest absolute Gasteiger partial charge is 0.375 e. The zero-order chi connectivity index (χ0) is 12.6. The summed E-state index contributed by atoms with van der Waals surface area (Å²) in [6.45, 7) is 5.86. The summed E-state index contributed by atoms with van der Waals surface area (Å²) in [6.07, 6.45) is 0. The third-order valence-corrected chi connectivity index (χ3v) is 3.00. The first-order valence-corrected chi connectivity index (χ1v) is 6.15. The Morgan fingerprint density at radius 2 is 2.12 bits per heavy atom. The van der Waals surface area contributed by atoms with Gasteiger partial charge >= 0.3 is 0 Å². The lowest BCUT2D eigenvalue weighted by atomic mass is 10.1. The van der Waals surface area contributed by atoms with E-state index >= 15 is 0 Å². The van der Waals surface area contributed by atoms with Crippen molar-refractivity contribution in [1.29, 1.82) is 0 Å².